The van der Waals surface area contributed by atoms with Crippen LogP contribution in [0.5, 0.6) is 0 Å². The van der Waals surface area contributed by atoms with Gasteiger partial charge < -0.3 is 14.5 Å². The third kappa shape index (κ3) is 1.26. The summed E-state index contributed by atoms with van der Waals surface area (Å²) >= 11 is 0. The third-order valence-electron chi connectivity index (χ3n) is 1.78. The van der Waals surface area contributed by atoms with Gasteiger partial charge >= 0.3 is 5.97 Å². The van der Waals surface area contributed by atoms with Crippen molar-refractivity contribution in [2.75, 3.05) is 0 Å². The van der Waals surface area contributed by atoms with Crippen LogP contribution in [-0.4, -0.2) is 26.0 Å². The minimum atomic E-state index is -1.05. The van der Waals surface area contributed by atoms with Gasteiger partial charge in [-0.15, -0.1) is 0 Å². The average molecular weight is 193 g/mol. The van der Waals surface area contributed by atoms with E-state index in [0.29, 0.717) is 17.3 Å². The second-order valence-corrected chi connectivity index (χ2v) is 2.71. The summed E-state index contributed by atoms with van der Waals surface area (Å²) in [6, 6.07) is 0. The van der Waals surface area contributed by atoms with Crippen molar-refractivity contribution in [1.82, 2.24) is 15.0 Å². The summed E-state index contributed by atoms with van der Waals surface area (Å²) in [5.74, 6) is -0.0603. The number of hydrogen-bond donors (Lipinski definition) is 2. The summed E-state index contributed by atoms with van der Waals surface area (Å²) in [6.45, 7) is 1.73. The van der Waals surface area contributed by atoms with Gasteiger partial charge in [-0.05, 0) is 6.92 Å². The Bertz CT molecular complexity index is 472. The first-order chi connectivity index (χ1) is 6.68. The molecule has 0 aromatic carbocycles. The monoisotopic (exact) mass is 193 g/mol. The zero-order valence-electron chi connectivity index (χ0n) is 7.31. The van der Waals surface area contributed by atoms with E-state index in [1.54, 1.807) is 6.92 Å². The lowest BCUT2D eigenvalue weighted by atomic mass is 10.3. The number of oxazole rings is 1. The predicted molar refractivity (Wildman–Crippen MR) is 45.8 cm³/mol. The molecule has 72 valence electrons. The number of carboxylic acids is 1. The molecule has 2 aromatic heterocycles. The van der Waals surface area contributed by atoms with Crippen LogP contribution >= 0.6 is 0 Å². The molecule has 2 rings (SSSR count). The van der Waals surface area contributed by atoms with Crippen LogP contribution in [0.2, 0.25) is 0 Å². The third-order valence-corrected chi connectivity index (χ3v) is 1.78. The maximum Gasteiger partial charge on any atom is 0.353 e. The number of aromatic carboxylic acids is 1. The number of nitrogens with zero attached hydrogens (tertiary/aromatic N) is 2. The highest BCUT2D eigenvalue weighted by atomic mass is 16.4. The van der Waals surface area contributed by atoms with Gasteiger partial charge in [-0.25, -0.2) is 14.8 Å². The molecule has 0 spiro atoms. The second-order valence-electron chi connectivity index (χ2n) is 2.71. The molecule has 0 saturated heterocycles. The molecule has 0 fully saturated rings. The zero-order chi connectivity index (χ0) is 10.1. The average Bonchev–Trinajstić information content (AvgIpc) is 2.71. The summed E-state index contributed by atoms with van der Waals surface area (Å²) in [6.07, 6.45) is 2.53. The van der Waals surface area contributed by atoms with Crippen molar-refractivity contribution in [1.29, 1.82) is 0 Å². The minimum absolute atomic E-state index is 0.0300. The summed E-state index contributed by atoms with van der Waals surface area (Å²) in [4.78, 5) is 21.0. The number of rotatable bonds is 2. The number of hydrogen-bond acceptors (Lipinski definition) is 4. The van der Waals surface area contributed by atoms with E-state index in [2.05, 4.69) is 15.0 Å². The molecule has 14 heavy (non-hydrogen) atoms. The van der Waals surface area contributed by atoms with Gasteiger partial charge in [-0.2, -0.15) is 0 Å². The molecule has 2 aromatic rings. The Balaban J connectivity index is 2.43. The molecule has 0 aliphatic heterocycles. The molecular weight excluding hydrogens is 186 g/mol. The van der Waals surface area contributed by atoms with Gasteiger partial charge in [0.25, 0.3) is 0 Å². The number of H-pyrrole nitrogens is 1. The fourth-order valence-corrected chi connectivity index (χ4v) is 1.08. The van der Waals surface area contributed by atoms with Crippen molar-refractivity contribution in [3.8, 4) is 11.5 Å². The fourth-order valence-electron chi connectivity index (χ4n) is 1.08. The molecular formula is C8H7N3O3. The van der Waals surface area contributed by atoms with Crippen LogP contribution in [0.15, 0.2) is 17.0 Å². The Hall–Kier alpha value is -2.11. The van der Waals surface area contributed by atoms with Crippen molar-refractivity contribution in [2.45, 2.75) is 6.92 Å². The molecule has 0 saturated carbocycles. The Morgan fingerprint density at radius 2 is 2.36 bits per heavy atom. The summed E-state index contributed by atoms with van der Waals surface area (Å²) < 4.78 is 4.97. The van der Waals surface area contributed by atoms with Gasteiger partial charge in [0.05, 0.1) is 6.20 Å². The van der Waals surface area contributed by atoms with Crippen molar-refractivity contribution in [2.24, 2.45) is 0 Å². The quantitative estimate of drug-likeness (QED) is 0.744. The van der Waals surface area contributed by atoms with Crippen molar-refractivity contribution < 1.29 is 14.3 Å². The Kier molecular flexibility index (Phi) is 1.81. The van der Waals surface area contributed by atoms with Gasteiger partial charge in [0.2, 0.25) is 0 Å². The van der Waals surface area contributed by atoms with Gasteiger partial charge in [-0.1, -0.05) is 0 Å². The fraction of sp³-hybridized carbons (Fsp3) is 0.125. The van der Waals surface area contributed by atoms with Crippen LogP contribution in [0.4, 0.5) is 0 Å². The first kappa shape index (κ1) is 8.49. The Labute approximate surface area is 78.6 Å². The smallest absolute Gasteiger partial charge is 0.353 e. The van der Waals surface area contributed by atoms with Crippen LogP contribution in [0.1, 0.15) is 16.2 Å². The first-order valence-corrected chi connectivity index (χ1v) is 3.87. The highest BCUT2D eigenvalue weighted by Crippen LogP contribution is 2.17. The molecule has 0 amide bonds. The zero-order valence-corrected chi connectivity index (χ0v) is 7.31. The molecule has 6 heteroatoms. The van der Waals surface area contributed by atoms with E-state index in [1.165, 1.54) is 12.6 Å². The maximum atomic E-state index is 10.6. The first-order valence-electron chi connectivity index (χ1n) is 3.87. The van der Waals surface area contributed by atoms with Crippen molar-refractivity contribution in [3.05, 3.63) is 24.0 Å². The van der Waals surface area contributed by atoms with Crippen LogP contribution in [-0.2, 0) is 0 Å². The molecule has 0 atom stereocenters. The van der Waals surface area contributed by atoms with Gasteiger partial charge in [-0.3, -0.25) is 0 Å². The molecule has 0 aliphatic carbocycles. The molecule has 2 heterocycles. The number of imidazole rings is 1. The van der Waals surface area contributed by atoms with Crippen molar-refractivity contribution in [3.63, 3.8) is 0 Å². The topological polar surface area (TPSA) is 92.0 Å². The van der Waals surface area contributed by atoms with E-state index in [0.717, 1.165) is 0 Å². The van der Waals surface area contributed by atoms with Gasteiger partial charge in [0.15, 0.2) is 12.2 Å². The second kappa shape index (κ2) is 2.99. The Morgan fingerprint density at radius 1 is 1.57 bits per heavy atom. The van der Waals surface area contributed by atoms with E-state index < -0.39 is 5.97 Å². The predicted octanol–water partition coefficient (Wildman–Crippen LogP) is 1.07. The number of aromatic nitrogens is 3. The number of aromatic amines is 1. The highest BCUT2D eigenvalue weighted by molar-refractivity contribution is 5.85. The van der Waals surface area contributed by atoms with E-state index >= 15 is 0 Å². The molecule has 0 aliphatic rings. The van der Waals surface area contributed by atoms with Crippen LogP contribution < -0.4 is 0 Å². The number of carbonyl (C=O) groups is 1. The summed E-state index contributed by atoms with van der Waals surface area (Å²) in [5, 5.41) is 8.65. The van der Waals surface area contributed by atoms with Crippen molar-refractivity contribution >= 4 is 5.97 Å². The van der Waals surface area contributed by atoms with Gasteiger partial charge in [0, 0.05) is 0 Å². The largest absolute Gasteiger partial charge is 0.477 e. The van der Waals surface area contributed by atoms with E-state index in [4.69, 9.17) is 9.52 Å². The standard InChI is InChI=1S/C8H7N3O3/c1-4-6(10-3-14-4)7-9-2-5(11-7)8(12)13/h2-3H,1H3,(H,9,11)(H,12,13). The number of nitrogens with one attached hydrogen (secondary N) is 1. The lowest BCUT2D eigenvalue weighted by Crippen LogP contribution is -1.95. The van der Waals surface area contributed by atoms with E-state index in [1.807, 2.05) is 0 Å². The normalized spacial score (nSPS) is 10.4. The Morgan fingerprint density at radius 3 is 2.86 bits per heavy atom. The molecule has 6 nitrogen and oxygen atoms in total. The summed E-state index contributed by atoms with van der Waals surface area (Å²) in [5.41, 5.74) is 0.555. The molecule has 2 N–H and O–H groups in total. The van der Waals surface area contributed by atoms with Crippen LogP contribution in [0.3, 0.4) is 0 Å². The highest BCUT2D eigenvalue weighted by Gasteiger charge is 2.12. The SMILES string of the molecule is Cc1ocnc1-c1ncc(C(=O)O)[nH]1. The van der Waals surface area contributed by atoms with E-state index in [-0.39, 0.29) is 5.69 Å². The summed E-state index contributed by atoms with van der Waals surface area (Å²) in [7, 11) is 0. The van der Waals surface area contributed by atoms with Crippen LogP contribution in [0, 0.1) is 6.92 Å². The minimum Gasteiger partial charge on any atom is -0.477 e. The van der Waals surface area contributed by atoms with E-state index in [9.17, 15) is 4.79 Å². The maximum absolute atomic E-state index is 10.6. The molecule has 0 radical (unpaired) electrons. The lowest BCUT2D eigenvalue weighted by molar-refractivity contribution is 0.0691. The van der Waals surface area contributed by atoms with Crippen LogP contribution in [0.25, 0.3) is 11.5 Å². The molecule has 0 bridgehead atoms. The molecule has 0 unspecified atom stereocenters. The van der Waals surface area contributed by atoms with Gasteiger partial charge in [0.1, 0.15) is 17.1 Å². The number of aryl methyl sites for hydroxylation is 1. The number of carboxylic acid groups (broad SMARTS) is 1. The lowest BCUT2D eigenvalue weighted by Gasteiger charge is -1.89.